The summed E-state index contributed by atoms with van der Waals surface area (Å²) < 4.78 is 37.8. The molecule has 10 heteroatoms. The molecule has 3 amide bonds. The van der Waals surface area contributed by atoms with Crippen molar-refractivity contribution in [1.29, 1.82) is 0 Å². The van der Waals surface area contributed by atoms with Gasteiger partial charge in [0.05, 0.1) is 11.2 Å². The zero-order valence-electron chi connectivity index (χ0n) is 16.6. The van der Waals surface area contributed by atoms with Crippen molar-refractivity contribution in [2.45, 2.75) is 35.3 Å². The number of alkyl halides is 3. The fraction of sp³-hybridized carbons (Fsp3) is 0.227. The largest absolute Gasteiger partial charge is 0.446 e. The molecule has 2 fully saturated rings. The summed E-state index contributed by atoms with van der Waals surface area (Å²) in [5, 5.41) is 0.838. The van der Waals surface area contributed by atoms with E-state index in [0.29, 0.717) is 24.2 Å². The predicted octanol–water partition coefficient (Wildman–Crippen LogP) is 4.93. The first-order valence-corrected chi connectivity index (χ1v) is 10.7. The number of thioether (sulfide) groups is 1. The number of imide groups is 1. The van der Waals surface area contributed by atoms with E-state index < -0.39 is 17.1 Å². The van der Waals surface area contributed by atoms with Crippen LogP contribution in [0, 0.1) is 0 Å². The summed E-state index contributed by atoms with van der Waals surface area (Å²) in [5.41, 5.74) is 2.33. The van der Waals surface area contributed by atoms with E-state index in [9.17, 15) is 22.8 Å². The molecule has 5 rings (SSSR count). The Labute approximate surface area is 185 Å². The maximum atomic E-state index is 13.3. The first-order valence-electron chi connectivity index (χ1n) is 9.84. The summed E-state index contributed by atoms with van der Waals surface area (Å²) in [6.45, 7) is 0.177. The lowest BCUT2D eigenvalue weighted by atomic mass is 10.1. The number of hydrogen-bond donors (Lipinski definition) is 1. The SMILES string of the molecule is Nc1cc(CN2C(=O)N(c3ccc(SC(F)(F)F)cc3)C(=O)C23CC3)c2ccccc2n1. The first-order chi connectivity index (χ1) is 15.2. The lowest BCUT2D eigenvalue weighted by Gasteiger charge is -2.22. The number of pyridine rings is 1. The van der Waals surface area contributed by atoms with Gasteiger partial charge in [0.2, 0.25) is 0 Å². The lowest BCUT2D eigenvalue weighted by molar-refractivity contribution is -0.120. The third-order valence-electron chi connectivity index (χ3n) is 5.74. The van der Waals surface area contributed by atoms with Crippen LogP contribution >= 0.6 is 11.8 Å². The maximum absolute atomic E-state index is 13.3. The molecular weight excluding hydrogens is 441 g/mol. The number of nitrogens with two attached hydrogens (primary N) is 1. The molecule has 164 valence electrons. The highest BCUT2D eigenvalue weighted by Gasteiger charge is 2.65. The summed E-state index contributed by atoms with van der Waals surface area (Å²) in [6.07, 6.45) is 1.07. The van der Waals surface area contributed by atoms with Crippen molar-refractivity contribution in [3.8, 4) is 0 Å². The van der Waals surface area contributed by atoms with Gasteiger partial charge in [-0.25, -0.2) is 14.7 Å². The highest BCUT2D eigenvalue weighted by molar-refractivity contribution is 8.00. The number of fused-ring (bicyclic) bond motifs is 1. The molecule has 32 heavy (non-hydrogen) atoms. The smallest absolute Gasteiger partial charge is 0.384 e. The second-order valence-electron chi connectivity index (χ2n) is 7.81. The van der Waals surface area contributed by atoms with E-state index in [0.717, 1.165) is 15.8 Å². The van der Waals surface area contributed by atoms with Crippen molar-refractivity contribution in [2.24, 2.45) is 0 Å². The van der Waals surface area contributed by atoms with Crippen LogP contribution in [0.3, 0.4) is 0 Å². The molecule has 1 saturated carbocycles. The summed E-state index contributed by atoms with van der Waals surface area (Å²) >= 11 is -0.246. The minimum absolute atomic E-state index is 0.0166. The molecule has 3 aromatic rings. The Balaban J connectivity index is 1.46. The van der Waals surface area contributed by atoms with Gasteiger partial charge in [-0.3, -0.25) is 4.79 Å². The second kappa shape index (κ2) is 7.13. The molecule has 1 saturated heterocycles. The normalized spacial score (nSPS) is 17.6. The average Bonchev–Trinajstić information content (AvgIpc) is 3.50. The van der Waals surface area contributed by atoms with Crippen LogP contribution in [0.15, 0.2) is 59.5 Å². The zero-order chi connectivity index (χ0) is 22.7. The van der Waals surface area contributed by atoms with E-state index in [1.54, 1.807) is 6.07 Å². The Morgan fingerprint density at radius 1 is 1.06 bits per heavy atom. The highest BCUT2D eigenvalue weighted by Crippen LogP contribution is 2.50. The topological polar surface area (TPSA) is 79.5 Å². The number of nitrogen functional groups attached to an aromatic ring is 1. The summed E-state index contributed by atoms with van der Waals surface area (Å²) in [6, 6.07) is 13.9. The van der Waals surface area contributed by atoms with Crippen LogP contribution in [0.25, 0.3) is 10.9 Å². The molecule has 1 spiro atoms. The van der Waals surface area contributed by atoms with E-state index in [2.05, 4.69) is 4.98 Å². The number of nitrogens with zero attached hydrogens (tertiary/aromatic N) is 3. The number of carbonyl (C=O) groups excluding carboxylic acids is 2. The van der Waals surface area contributed by atoms with Crippen molar-refractivity contribution in [3.63, 3.8) is 0 Å². The van der Waals surface area contributed by atoms with Gasteiger partial charge in [-0.15, -0.1) is 0 Å². The van der Waals surface area contributed by atoms with Gasteiger partial charge < -0.3 is 10.6 Å². The average molecular weight is 458 g/mol. The summed E-state index contributed by atoms with van der Waals surface area (Å²) in [4.78, 5) is 33.4. The first kappa shape index (κ1) is 20.6. The Morgan fingerprint density at radius 2 is 1.75 bits per heavy atom. The van der Waals surface area contributed by atoms with Crippen molar-refractivity contribution < 1.29 is 22.8 Å². The van der Waals surface area contributed by atoms with Crippen molar-refractivity contribution in [3.05, 3.63) is 60.2 Å². The van der Waals surface area contributed by atoms with Gasteiger partial charge in [-0.1, -0.05) is 18.2 Å². The molecule has 2 aromatic carbocycles. The van der Waals surface area contributed by atoms with E-state index in [4.69, 9.17) is 5.73 Å². The highest BCUT2D eigenvalue weighted by atomic mass is 32.2. The molecule has 1 aliphatic carbocycles. The number of rotatable bonds is 4. The number of aromatic nitrogens is 1. The van der Waals surface area contributed by atoms with Gasteiger partial charge in [0.1, 0.15) is 11.4 Å². The number of amides is 3. The molecule has 0 bridgehead atoms. The Hall–Kier alpha value is -3.27. The monoisotopic (exact) mass is 458 g/mol. The van der Waals surface area contributed by atoms with E-state index in [1.807, 2.05) is 24.3 Å². The Kier molecular flexibility index (Phi) is 4.59. The van der Waals surface area contributed by atoms with Crippen LogP contribution < -0.4 is 10.6 Å². The molecular formula is C22H17F3N4O2S. The minimum atomic E-state index is -4.41. The van der Waals surface area contributed by atoms with Crippen LogP contribution in [0.1, 0.15) is 18.4 Å². The van der Waals surface area contributed by atoms with E-state index >= 15 is 0 Å². The maximum Gasteiger partial charge on any atom is 0.446 e. The van der Waals surface area contributed by atoms with E-state index in [1.165, 1.54) is 29.2 Å². The molecule has 0 unspecified atom stereocenters. The Morgan fingerprint density at radius 3 is 2.41 bits per heavy atom. The van der Waals surface area contributed by atoms with Crippen molar-refractivity contribution in [1.82, 2.24) is 9.88 Å². The molecule has 2 N–H and O–H groups in total. The van der Waals surface area contributed by atoms with Crippen molar-refractivity contribution in [2.75, 3.05) is 10.6 Å². The number of carbonyl (C=O) groups is 2. The van der Waals surface area contributed by atoms with Gasteiger partial charge in [0.25, 0.3) is 5.91 Å². The predicted molar refractivity (Wildman–Crippen MR) is 115 cm³/mol. The molecule has 1 aromatic heterocycles. The fourth-order valence-corrected chi connectivity index (χ4v) is 4.67. The molecule has 2 aliphatic rings. The number of benzene rings is 2. The summed E-state index contributed by atoms with van der Waals surface area (Å²) in [5.74, 6) is -0.0406. The van der Waals surface area contributed by atoms with E-state index in [-0.39, 0.29) is 34.8 Å². The van der Waals surface area contributed by atoms with Gasteiger partial charge in [0, 0.05) is 16.8 Å². The molecule has 0 radical (unpaired) electrons. The van der Waals surface area contributed by atoms with Crippen LogP contribution in [0.4, 0.5) is 29.5 Å². The van der Waals surface area contributed by atoms with Crippen LogP contribution in [0.2, 0.25) is 0 Å². The third-order valence-corrected chi connectivity index (χ3v) is 6.48. The molecule has 2 heterocycles. The number of hydrogen-bond acceptors (Lipinski definition) is 5. The van der Waals surface area contributed by atoms with Crippen LogP contribution in [-0.2, 0) is 11.3 Å². The lowest BCUT2D eigenvalue weighted by Crippen LogP contribution is -2.36. The second-order valence-corrected chi connectivity index (χ2v) is 8.94. The zero-order valence-corrected chi connectivity index (χ0v) is 17.4. The minimum Gasteiger partial charge on any atom is -0.384 e. The number of para-hydroxylation sites is 1. The van der Waals surface area contributed by atoms with Crippen molar-refractivity contribution >= 4 is 46.1 Å². The molecule has 1 aliphatic heterocycles. The number of urea groups is 1. The van der Waals surface area contributed by atoms with Crippen LogP contribution in [0.5, 0.6) is 0 Å². The van der Waals surface area contributed by atoms with Gasteiger partial charge >= 0.3 is 11.5 Å². The molecule has 0 atom stereocenters. The van der Waals surface area contributed by atoms with Crippen LogP contribution in [-0.4, -0.2) is 32.9 Å². The fourth-order valence-electron chi connectivity index (χ4n) is 4.13. The van der Waals surface area contributed by atoms with Gasteiger partial charge in [-0.2, -0.15) is 13.2 Å². The molecule has 6 nitrogen and oxygen atoms in total. The quantitative estimate of drug-likeness (QED) is 0.443. The van der Waals surface area contributed by atoms with Gasteiger partial charge in [-0.05, 0) is 66.6 Å². The Bertz CT molecular complexity index is 1240. The summed E-state index contributed by atoms with van der Waals surface area (Å²) in [7, 11) is 0. The third kappa shape index (κ3) is 3.44. The standard InChI is InChI=1S/C22H17F3N4O2S/c23-22(24,25)32-15-7-5-14(6-8-15)29-19(30)21(9-10-21)28(20(29)31)12-13-11-18(26)27-17-4-2-1-3-16(13)17/h1-8,11H,9-10,12H2,(H2,26,27). The van der Waals surface area contributed by atoms with Gasteiger partial charge in [0.15, 0.2) is 0 Å². The number of anilines is 2. The number of halogens is 3.